The highest BCUT2D eigenvalue weighted by Gasteiger charge is 2.35. The summed E-state index contributed by atoms with van der Waals surface area (Å²) in [5.41, 5.74) is 1.73. The van der Waals surface area contributed by atoms with E-state index in [4.69, 9.17) is 0 Å². The summed E-state index contributed by atoms with van der Waals surface area (Å²) >= 11 is 0. The number of likely N-dealkylation sites (tertiary alicyclic amines) is 1. The summed E-state index contributed by atoms with van der Waals surface area (Å²) in [6.45, 7) is 1.76. The average molecular weight is 473 g/mol. The first-order valence-corrected chi connectivity index (χ1v) is 12.9. The normalized spacial score (nSPS) is 18.4. The van der Waals surface area contributed by atoms with Crippen LogP contribution in [0.15, 0.2) is 66.7 Å². The lowest BCUT2D eigenvalue weighted by atomic mass is 9.69. The van der Waals surface area contributed by atoms with Gasteiger partial charge in [0.2, 0.25) is 5.91 Å². The smallest absolute Gasteiger partial charge is 0.254 e. The van der Waals surface area contributed by atoms with Gasteiger partial charge in [0, 0.05) is 36.5 Å². The van der Waals surface area contributed by atoms with E-state index in [1.54, 1.807) is 0 Å². The van der Waals surface area contributed by atoms with E-state index in [0.29, 0.717) is 32.5 Å². The summed E-state index contributed by atoms with van der Waals surface area (Å²) in [6, 6.07) is 20.6. The Morgan fingerprint density at radius 2 is 1.57 bits per heavy atom. The van der Waals surface area contributed by atoms with E-state index < -0.39 is 0 Å². The number of piperidine rings is 1. The zero-order valence-electron chi connectivity index (χ0n) is 20.1. The highest BCUT2D eigenvalue weighted by atomic mass is 19.1. The van der Waals surface area contributed by atoms with Crippen LogP contribution in [0.3, 0.4) is 0 Å². The minimum Gasteiger partial charge on any atom is -0.355 e. The Hall–Kier alpha value is -3.21. The number of nitrogens with one attached hydrogen (secondary N) is 1. The first kappa shape index (κ1) is 23.5. The van der Waals surface area contributed by atoms with Crippen molar-refractivity contribution >= 4 is 22.6 Å². The van der Waals surface area contributed by atoms with Crippen molar-refractivity contribution < 1.29 is 14.0 Å². The molecule has 0 atom stereocenters. The highest BCUT2D eigenvalue weighted by molar-refractivity contribution is 6.07. The molecule has 5 rings (SSSR count). The van der Waals surface area contributed by atoms with Crippen LogP contribution in [0.4, 0.5) is 4.39 Å². The van der Waals surface area contributed by atoms with Crippen LogP contribution >= 0.6 is 0 Å². The first-order chi connectivity index (χ1) is 17.1. The molecular formula is C30H33FN2O2. The van der Waals surface area contributed by atoms with Crippen LogP contribution in [0.25, 0.3) is 10.8 Å². The number of carbonyl (C=O) groups is 2. The molecule has 0 spiro atoms. The molecule has 0 unspecified atom stereocenters. The monoisotopic (exact) mass is 472 g/mol. The van der Waals surface area contributed by atoms with Crippen LogP contribution in [-0.2, 0) is 10.2 Å². The Bertz CT molecular complexity index is 1190. The zero-order valence-corrected chi connectivity index (χ0v) is 20.1. The molecule has 35 heavy (non-hydrogen) atoms. The molecule has 1 aliphatic carbocycles. The van der Waals surface area contributed by atoms with Crippen molar-refractivity contribution in [3.63, 3.8) is 0 Å². The number of hydrogen-bond donors (Lipinski definition) is 1. The predicted octanol–water partition coefficient (Wildman–Crippen LogP) is 5.85. The first-order valence-electron chi connectivity index (χ1n) is 12.9. The SMILES string of the molecule is O=C(NCC1(c2ccc(F)cc2)CCCCC1)C1CCN(C(=O)c2cccc3ccccc23)CC1. The van der Waals surface area contributed by atoms with E-state index in [9.17, 15) is 14.0 Å². The van der Waals surface area contributed by atoms with Crippen molar-refractivity contribution in [3.8, 4) is 0 Å². The molecule has 0 bridgehead atoms. The molecule has 3 aromatic rings. The summed E-state index contributed by atoms with van der Waals surface area (Å²) in [5.74, 6) is -0.193. The maximum Gasteiger partial charge on any atom is 0.254 e. The molecule has 4 nitrogen and oxygen atoms in total. The van der Waals surface area contributed by atoms with E-state index >= 15 is 0 Å². The number of nitrogens with zero attached hydrogens (tertiary/aromatic N) is 1. The van der Waals surface area contributed by atoms with Crippen molar-refractivity contribution in [1.82, 2.24) is 10.2 Å². The van der Waals surface area contributed by atoms with Gasteiger partial charge in [0.05, 0.1) is 0 Å². The maximum atomic E-state index is 13.5. The fraction of sp³-hybridized carbons (Fsp3) is 0.400. The summed E-state index contributed by atoms with van der Waals surface area (Å²) in [4.78, 5) is 28.2. The van der Waals surface area contributed by atoms with Gasteiger partial charge in [-0.2, -0.15) is 0 Å². The number of amides is 2. The Kier molecular flexibility index (Phi) is 6.85. The van der Waals surface area contributed by atoms with Crippen LogP contribution in [0.5, 0.6) is 0 Å². The summed E-state index contributed by atoms with van der Waals surface area (Å²) in [5, 5.41) is 5.27. The lowest BCUT2D eigenvalue weighted by molar-refractivity contribution is -0.126. The van der Waals surface area contributed by atoms with Gasteiger partial charge >= 0.3 is 0 Å². The van der Waals surface area contributed by atoms with Gasteiger partial charge in [0.1, 0.15) is 5.82 Å². The number of rotatable bonds is 5. The molecule has 1 N–H and O–H groups in total. The minimum absolute atomic E-state index is 0.0399. The van der Waals surface area contributed by atoms with Gasteiger partial charge in [-0.3, -0.25) is 9.59 Å². The number of fused-ring (bicyclic) bond motifs is 1. The lowest BCUT2D eigenvalue weighted by Gasteiger charge is -2.39. The lowest BCUT2D eigenvalue weighted by Crippen LogP contribution is -2.47. The van der Waals surface area contributed by atoms with E-state index in [1.165, 1.54) is 18.6 Å². The van der Waals surface area contributed by atoms with Gasteiger partial charge in [-0.05, 0) is 60.2 Å². The summed E-state index contributed by atoms with van der Waals surface area (Å²) in [7, 11) is 0. The van der Waals surface area contributed by atoms with Crippen molar-refractivity contribution in [3.05, 3.63) is 83.7 Å². The Morgan fingerprint density at radius 1 is 0.886 bits per heavy atom. The van der Waals surface area contributed by atoms with E-state index in [2.05, 4.69) is 5.32 Å². The molecule has 3 aromatic carbocycles. The largest absolute Gasteiger partial charge is 0.355 e. The molecule has 0 aromatic heterocycles. The Balaban J connectivity index is 1.20. The maximum absolute atomic E-state index is 13.5. The Morgan fingerprint density at radius 3 is 2.31 bits per heavy atom. The predicted molar refractivity (Wildman–Crippen MR) is 137 cm³/mol. The second-order valence-corrected chi connectivity index (χ2v) is 10.2. The van der Waals surface area contributed by atoms with Gasteiger partial charge in [0.25, 0.3) is 5.91 Å². The van der Waals surface area contributed by atoms with Crippen molar-refractivity contribution in [2.24, 2.45) is 5.92 Å². The molecule has 1 saturated heterocycles. The van der Waals surface area contributed by atoms with Crippen molar-refractivity contribution in [2.45, 2.75) is 50.4 Å². The van der Waals surface area contributed by atoms with Crippen LogP contribution in [0.1, 0.15) is 60.9 Å². The fourth-order valence-corrected chi connectivity index (χ4v) is 5.93. The molecule has 2 amide bonds. The highest BCUT2D eigenvalue weighted by Crippen LogP contribution is 2.39. The number of carbonyl (C=O) groups excluding carboxylic acids is 2. The van der Waals surface area contributed by atoms with Crippen LogP contribution < -0.4 is 5.32 Å². The molecule has 0 radical (unpaired) electrons. The number of hydrogen-bond acceptors (Lipinski definition) is 2. The third-order valence-corrected chi connectivity index (χ3v) is 8.04. The molecule has 1 aliphatic heterocycles. The number of benzene rings is 3. The molecule has 5 heteroatoms. The summed E-state index contributed by atoms with van der Waals surface area (Å²) in [6.07, 6.45) is 6.83. The van der Waals surface area contributed by atoms with Crippen LogP contribution in [0.2, 0.25) is 0 Å². The van der Waals surface area contributed by atoms with Gasteiger partial charge in [0.15, 0.2) is 0 Å². The molecular weight excluding hydrogens is 439 g/mol. The number of halogens is 1. The zero-order chi connectivity index (χ0) is 24.3. The second kappa shape index (κ2) is 10.2. The third kappa shape index (κ3) is 4.95. The van der Waals surface area contributed by atoms with Gasteiger partial charge in [-0.1, -0.05) is 67.8 Å². The minimum atomic E-state index is -0.228. The van der Waals surface area contributed by atoms with Crippen LogP contribution in [-0.4, -0.2) is 36.3 Å². The second-order valence-electron chi connectivity index (χ2n) is 10.2. The topological polar surface area (TPSA) is 49.4 Å². The third-order valence-electron chi connectivity index (χ3n) is 8.04. The molecule has 1 saturated carbocycles. The summed E-state index contributed by atoms with van der Waals surface area (Å²) < 4.78 is 13.5. The fourth-order valence-electron chi connectivity index (χ4n) is 5.93. The van der Waals surface area contributed by atoms with E-state index in [0.717, 1.165) is 47.6 Å². The van der Waals surface area contributed by atoms with E-state index in [-0.39, 0.29) is 29.0 Å². The van der Waals surface area contributed by atoms with E-state index in [1.807, 2.05) is 59.5 Å². The quantitative estimate of drug-likeness (QED) is 0.506. The van der Waals surface area contributed by atoms with Gasteiger partial charge in [-0.25, -0.2) is 4.39 Å². The molecule has 1 heterocycles. The van der Waals surface area contributed by atoms with Crippen molar-refractivity contribution in [1.29, 1.82) is 0 Å². The molecule has 2 aliphatic rings. The van der Waals surface area contributed by atoms with Crippen LogP contribution in [0, 0.1) is 11.7 Å². The van der Waals surface area contributed by atoms with Gasteiger partial charge in [-0.15, -0.1) is 0 Å². The molecule has 182 valence electrons. The Labute approximate surface area is 206 Å². The standard InChI is InChI=1S/C30H33FN2O2/c31-25-13-11-24(12-14-25)30(17-4-1-5-18-30)21-32-28(34)23-15-19-33(20-16-23)29(35)27-10-6-8-22-7-2-3-9-26(22)27/h2-3,6-14,23H,1,4-5,15-21H2,(H,32,34). The average Bonchev–Trinajstić information content (AvgIpc) is 2.92. The molecule has 2 fully saturated rings. The van der Waals surface area contributed by atoms with Gasteiger partial charge < -0.3 is 10.2 Å². The van der Waals surface area contributed by atoms with Crippen molar-refractivity contribution in [2.75, 3.05) is 19.6 Å².